The van der Waals surface area contributed by atoms with Gasteiger partial charge in [-0.15, -0.1) is 5.10 Å². The molecular weight excluding hydrogens is 274 g/mol. The van der Waals surface area contributed by atoms with Crippen LogP contribution in [0.25, 0.3) is 0 Å². The Kier molecular flexibility index (Phi) is 4.44. The summed E-state index contributed by atoms with van der Waals surface area (Å²) in [6.07, 6.45) is 1.66. The van der Waals surface area contributed by atoms with Crippen LogP contribution in [-0.4, -0.2) is 28.1 Å². The monoisotopic (exact) mass is 291 g/mol. The van der Waals surface area contributed by atoms with E-state index in [-0.39, 0.29) is 5.97 Å². The van der Waals surface area contributed by atoms with Crippen LogP contribution in [-0.2, 0) is 20.8 Å². The highest BCUT2D eigenvalue weighted by Crippen LogP contribution is 2.22. The molecular formula is C14H17N3O2S. The normalized spacial score (nSPS) is 11.3. The molecule has 0 amide bonds. The molecule has 0 unspecified atom stereocenters. The van der Waals surface area contributed by atoms with E-state index in [4.69, 9.17) is 4.74 Å². The van der Waals surface area contributed by atoms with Crippen molar-refractivity contribution in [3.05, 3.63) is 42.1 Å². The first-order valence-corrected chi connectivity index (χ1v) is 7.20. The summed E-state index contributed by atoms with van der Waals surface area (Å²) in [7, 11) is 1.36. The van der Waals surface area contributed by atoms with Crippen molar-refractivity contribution in [1.82, 2.24) is 15.0 Å². The van der Waals surface area contributed by atoms with Gasteiger partial charge in [0.2, 0.25) is 0 Å². The second kappa shape index (κ2) is 6.09. The number of nitrogens with zero attached hydrogens (tertiary/aromatic N) is 3. The fourth-order valence-electron chi connectivity index (χ4n) is 1.65. The summed E-state index contributed by atoms with van der Waals surface area (Å²) < 4.78 is 4.76. The molecule has 1 aromatic heterocycles. The maximum atomic E-state index is 11.7. The summed E-state index contributed by atoms with van der Waals surface area (Å²) in [4.78, 5) is 13.1. The number of carbonyl (C=O) groups excluding carboxylic acids is 1. The molecule has 2 aromatic rings. The van der Waals surface area contributed by atoms with Gasteiger partial charge in [-0.25, -0.2) is 4.79 Å². The van der Waals surface area contributed by atoms with E-state index in [1.165, 1.54) is 17.5 Å². The van der Waals surface area contributed by atoms with Crippen LogP contribution in [0, 0.1) is 0 Å². The van der Waals surface area contributed by atoms with Gasteiger partial charge < -0.3 is 4.74 Å². The van der Waals surface area contributed by atoms with Gasteiger partial charge in [-0.3, -0.25) is 0 Å². The zero-order valence-electron chi connectivity index (χ0n) is 11.7. The quantitative estimate of drug-likeness (QED) is 0.625. The number of methoxy groups -OCH3 is 1. The van der Waals surface area contributed by atoms with Gasteiger partial charge >= 0.3 is 5.97 Å². The number of hydrogen-bond donors (Lipinski definition) is 0. The Morgan fingerprint density at radius 1 is 1.35 bits per heavy atom. The average molecular weight is 291 g/mol. The Morgan fingerprint density at radius 3 is 2.70 bits per heavy atom. The van der Waals surface area contributed by atoms with E-state index in [0.29, 0.717) is 0 Å². The fraction of sp³-hybridized carbons (Fsp3) is 0.357. The van der Waals surface area contributed by atoms with Crippen molar-refractivity contribution >= 4 is 17.7 Å². The van der Waals surface area contributed by atoms with Crippen molar-refractivity contribution in [1.29, 1.82) is 0 Å². The minimum atomic E-state index is -0.902. The number of aromatic nitrogens is 3. The largest absolute Gasteiger partial charge is 0.467 e. The molecule has 20 heavy (non-hydrogen) atoms. The smallest absolute Gasteiger partial charge is 0.335 e. The van der Waals surface area contributed by atoms with Gasteiger partial charge in [0.15, 0.2) is 5.54 Å². The SMILES string of the molecule is COC(=O)C(C)(C)n1ncc(SCc2ccccc2)n1. The van der Waals surface area contributed by atoms with Crippen molar-refractivity contribution in [2.75, 3.05) is 7.11 Å². The molecule has 1 aromatic carbocycles. The molecule has 0 aliphatic carbocycles. The Balaban J connectivity index is 2.04. The van der Waals surface area contributed by atoms with Crippen LogP contribution in [0.1, 0.15) is 19.4 Å². The molecule has 0 bridgehead atoms. The van der Waals surface area contributed by atoms with Crippen molar-refractivity contribution in [2.45, 2.75) is 30.2 Å². The molecule has 0 aliphatic rings. The molecule has 0 aliphatic heterocycles. The lowest BCUT2D eigenvalue weighted by molar-refractivity contribution is -0.150. The summed E-state index contributed by atoms with van der Waals surface area (Å²) in [5.74, 6) is 0.450. The standard InChI is InChI=1S/C14H17N3O2S/c1-14(2,13(18)19-3)17-15-9-12(16-17)20-10-11-7-5-4-6-8-11/h4-9H,10H2,1-3H3. The molecule has 0 spiro atoms. The molecule has 0 fully saturated rings. The number of benzene rings is 1. The second-order valence-electron chi connectivity index (χ2n) is 4.80. The Bertz CT molecular complexity index is 581. The number of ether oxygens (including phenoxy) is 1. The number of esters is 1. The third-order valence-corrected chi connectivity index (χ3v) is 3.85. The van der Waals surface area contributed by atoms with E-state index in [1.54, 1.807) is 31.8 Å². The van der Waals surface area contributed by atoms with Crippen LogP contribution < -0.4 is 0 Å². The fourth-order valence-corrected chi connectivity index (χ4v) is 2.41. The lowest BCUT2D eigenvalue weighted by Gasteiger charge is -2.19. The van der Waals surface area contributed by atoms with E-state index in [1.807, 2.05) is 18.2 Å². The minimum Gasteiger partial charge on any atom is -0.467 e. The van der Waals surface area contributed by atoms with Gasteiger partial charge in [0, 0.05) is 5.75 Å². The number of hydrogen-bond acceptors (Lipinski definition) is 5. The van der Waals surface area contributed by atoms with E-state index in [9.17, 15) is 4.79 Å². The molecule has 1 heterocycles. The zero-order valence-corrected chi connectivity index (χ0v) is 12.6. The van der Waals surface area contributed by atoms with Crippen LogP contribution >= 0.6 is 11.8 Å². The van der Waals surface area contributed by atoms with Gasteiger partial charge in [-0.2, -0.15) is 9.90 Å². The van der Waals surface area contributed by atoms with Gasteiger partial charge in [-0.1, -0.05) is 42.1 Å². The first-order chi connectivity index (χ1) is 9.54. The average Bonchev–Trinajstić information content (AvgIpc) is 2.95. The Hall–Kier alpha value is -1.82. The molecule has 6 heteroatoms. The van der Waals surface area contributed by atoms with E-state index >= 15 is 0 Å². The predicted octanol–water partition coefficient (Wildman–Crippen LogP) is 2.48. The third-order valence-electron chi connectivity index (χ3n) is 2.89. The number of rotatable bonds is 5. The van der Waals surface area contributed by atoms with Crippen LogP contribution in [0.3, 0.4) is 0 Å². The topological polar surface area (TPSA) is 57.0 Å². The minimum absolute atomic E-state index is 0.368. The molecule has 2 rings (SSSR count). The summed E-state index contributed by atoms with van der Waals surface area (Å²) in [5.41, 5.74) is 0.319. The van der Waals surface area contributed by atoms with Crippen LogP contribution in [0.15, 0.2) is 41.6 Å². The van der Waals surface area contributed by atoms with Gasteiger partial charge in [-0.05, 0) is 19.4 Å². The third kappa shape index (κ3) is 3.19. The van der Waals surface area contributed by atoms with Crippen molar-refractivity contribution in [3.63, 3.8) is 0 Å². The van der Waals surface area contributed by atoms with Gasteiger partial charge in [0.1, 0.15) is 5.03 Å². The van der Waals surface area contributed by atoms with E-state index in [2.05, 4.69) is 22.3 Å². The molecule has 0 N–H and O–H groups in total. The number of thioether (sulfide) groups is 1. The maximum absolute atomic E-state index is 11.7. The first kappa shape index (κ1) is 14.6. The van der Waals surface area contributed by atoms with E-state index < -0.39 is 5.54 Å². The van der Waals surface area contributed by atoms with Crippen molar-refractivity contribution in [3.8, 4) is 0 Å². The zero-order chi connectivity index (χ0) is 14.6. The van der Waals surface area contributed by atoms with Crippen molar-refractivity contribution in [2.24, 2.45) is 0 Å². The molecule has 0 radical (unpaired) electrons. The molecule has 106 valence electrons. The Morgan fingerprint density at radius 2 is 2.05 bits per heavy atom. The van der Waals surface area contributed by atoms with E-state index in [0.717, 1.165) is 10.8 Å². The summed E-state index contributed by atoms with van der Waals surface area (Å²) >= 11 is 1.58. The van der Waals surface area contributed by atoms with Gasteiger partial charge in [0.25, 0.3) is 0 Å². The second-order valence-corrected chi connectivity index (χ2v) is 5.79. The predicted molar refractivity (Wildman–Crippen MR) is 77.4 cm³/mol. The molecule has 0 atom stereocenters. The molecule has 0 saturated carbocycles. The summed E-state index contributed by atoms with van der Waals surface area (Å²) in [5, 5.41) is 9.27. The summed E-state index contributed by atoms with van der Waals surface area (Å²) in [6, 6.07) is 10.1. The van der Waals surface area contributed by atoms with Crippen LogP contribution in [0.5, 0.6) is 0 Å². The lowest BCUT2D eigenvalue weighted by Crippen LogP contribution is -2.38. The summed E-state index contributed by atoms with van der Waals surface area (Å²) in [6.45, 7) is 3.45. The highest BCUT2D eigenvalue weighted by atomic mass is 32.2. The number of carbonyl (C=O) groups is 1. The van der Waals surface area contributed by atoms with Gasteiger partial charge in [0.05, 0.1) is 13.3 Å². The Labute approximate surface area is 122 Å². The molecule has 5 nitrogen and oxygen atoms in total. The molecule has 0 saturated heterocycles. The highest BCUT2D eigenvalue weighted by molar-refractivity contribution is 7.98. The lowest BCUT2D eigenvalue weighted by atomic mass is 10.1. The van der Waals surface area contributed by atoms with Crippen LogP contribution in [0.4, 0.5) is 0 Å². The highest BCUT2D eigenvalue weighted by Gasteiger charge is 2.33. The maximum Gasteiger partial charge on any atom is 0.335 e. The van der Waals surface area contributed by atoms with Crippen molar-refractivity contribution < 1.29 is 9.53 Å². The van der Waals surface area contributed by atoms with Crippen LogP contribution in [0.2, 0.25) is 0 Å². The first-order valence-electron chi connectivity index (χ1n) is 6.22.